The summed E-state index contributed by atoms with van der Waals surface area (Å²) in [5.41, 5.74) is 1.19. The molecule has 2 aliphatic rings. The van der Waals surface area contributed by atoms with Crippen LogP contribution in [-0.2, 0) is 9.57 Å². The van der Waals surface area contributed by atoms with Crippen LogP contribution in [0.1, 0.15) is 27.6 Å². The van der Waals surface area contributed by atoms with E-state index in [0.29, 0.717) is 35.0 Å². The molecule has 2 N–H and O–H groups in total. The van der Waals surface area contributed by atoms with Gasteiger partial charge in [0.2, 0.25) is 0 Å². The summed E-state index contributed by atoms with van der Waals surface area (Å²) >= 11 is 0. The number of carbonyl (C=O) groups excluding carboxylic acids is 3. The van der Waals surface area contributed by atoms with Gasteiger partial charge < -0.3 is 15.4 Å². The monoisotopic (exact) mass is 442 g/mol. The molecule has 0 bridgehead atoms. The van der Waals surface area contributed by atoms with Crippen molar-refractivity contribution in [2.75, 3.05) is 43.0 Å². The van der Waals surface area contributed by atoms with Crippen LogP contribution in [0.15, 0.2) is 42.5 Å². The summed E-state index contributed by atoms with van der Waals surface area (Å²) in [6, 6.07) is 10.9. The topological polar surface area (TPSA) is 100 Å². The van der Waals surface area contributed by atoms with Crippen molar-refractivity contribution in [3.63, 3.8) is 0 Å². The molecular weight excluding hydrogens is 419 g/mol. The van der Waals surface area contributed by atoms with Gasteiger partial charge in [-0.25, -0.2) is 9.18 Å². The number of nitrogens with one attached hydrogen (secondary N) is 2. The number of amides is 3. The second-order valence-corrected chi connectivity index (χ2v) is 7.30. The zero-order valence-electron chi connectivity index (χ0n) is 17.5. The molecule has 4 rings (SSSR count). The Morgan fingerprint density at radius 3 is 2.50 bits per heavy atom. The van der Waals surface area contributed by atoms with E-state index in [1.165, 1.54) is 17.0 Å². The summed E-state index contributed by atoms with van der Waals surface area (Å²) in [5.74, 6) is -1.59. The lowest BCUT2D eigenvalue weighted by Crippen LogP contribution is -2.32. The molecule has 1 fully saturated rings. The normalized spacial score (nSPS) is 17.7. The second kappa shape index (κ2) is 9.33. The fourth-order valence-electron chi connectivity index (χ4n) is 3.57. The fourth-order valence-corrected chi connectivity index (χ4v) is 3.57. The minimum absolute atomic E-state index is 0.0305. The van der Waals surface area contributed by atoms with Gasteiger partial charge in [0, 0.05) is 13.1 Å². The lowest BCUT2D eigenvalue weighted by atomic mass is 10.1. The number of hydroxylamine groups is 2. The molecule has 2 heterocycles. The highest BCUT2D eigenvalue weighted by Gasteiger charge is 2.36. The van der Waals surface area contributed by atoms with Gasteiger partial charge in [-0.3, -0.25) is 19.3 Å². The van der Waals surface area contributed by atoms with E-state index < -0.39 is 23.7 Å². The van der Waals surface area contributed by atoms with E-state index >= 15 is 0 Å². The van der Waals surface area contributed by atoms with Crippen molar-refractivity contribution < 1.29 is 28.3 Å². The number of hydrogen-bond donors (Lipinski definition) is 2. The minimum atomic E-state index is -0.550. The smallest absolute Gasteiger partial charge is 0.414 e. The predicted molar refractivity (Wildman–Crippen MR) is 114 cm³/mol. The van der Waals surface area contributed by atoms with Crippen LogP contribution in [0.5, 0.6) is 0 Å². The molecule has 0 saturated carbocycles. The predicted octanol–water partition coefficient (Wildman–Crippen LogP) is 2.40. The molecular formula is C22H23FN4O5. The third kappa shape index (κ3) is 4.27. The Hall–Kier alpha value is -3.50. The van der Waals surface area contributed by atoms with Crippen molar-refractivity contribution in [1.29, 1.82) is 0 Å². The molecule has 2 aliphatic heterocycles. The van der Waals surface area contributed by atoms with Crippen LogP contribution >= 0.6 is 0 Å². The summed E-state index contributed by atoms with van der Waals surface area (Å²) in [7, 11) is 0. The quantitative estimate of drug-likeness (QED) is 0.454. The maximum Gasteiger partial charge on any atom is 0.414 e. The molecule has 2 aromatic carbocycles. The van der Waals surface area contributed by atoms with Gasteiger partial charge in [0.15, 0.2) is 0 Å². The third-order valence-electron chi connectivity index (χ3n) is 5.16. The van der Waals surface area contributed by atoms with Crippen LogP contribution in [0.4, 0.5) is 20.6 Å². The molecule has 1 saturated heterocycles. The van der Waals surface area contributed by atoms with Crippen molar-refractivity contribution in [3.05, 3.63) is 59.4 Å². The van der Waals surface area contributed by atoms with E-state index in [9.17, 15) is 18.8 Å². The molecule has 1 atom stereocenters. The number of likely N-dealkylation sites (N-methyl/N-ethyl adjacent to an activating group) is 1. The third-order valence-corrected chi connectivity index (χ3v) is 5.16. The Morgan fingerprint density at radius 1 is 1.12 bits per heavy atom. The number of hydrogen-bond acceptors (Lipinski definition) is 7. The first kappa shape index (κ1) is 21.7. The van der Waals surface area contributed by atoms with Crippen LogP contribution in [0.25, 0.3) is 0 Å². The van der Waals surface area contributed by atoms with E-state index in [4.69, 9.17) is 9.57 Å². The number of halogens is 1. The number of carbonyl (C=O) groups is 3. The fraction of sp³-hybridized carbons (Fsp3) is 0.318. The van der Waals surface area contributed by atoms with Gasteiger partial charge in [0.1, 0.15) is 11.9 Å². The summed E-state index contributed by atoms with van der Waals surface area (Å²) in [6.45, 7) is 3.72. The average molecular weight is 442 g/mol. The van der Waals surface area contributed by atoms with Crippen molar-refractivity contribution in [2.45, 2.75) is 13.0 Å². The highest BCUT2D eigenvalue weighted by Crippen LogP contribution is 2.26. The van der Waals surface area contributed by atoms with Crippen molar-refractivity contribution in [3.8, 4) is 0 Å². The molecule has 168 valence electrons. The number of ether oxygens (including phenoxy) is 1. The molecule has 32 heavy (non-hydrogen) atoms. The van der Waals surface area contributed by atoms with Crippen molar-refractivity contribution >= 4 is 29.3 Å². The van der Waals surface area contributed by atoms with Crippen LogP contribution in [0.2, 0.25) is 0 Å². The van der Waals surface area contributed by atoms with Gasteiger partial charge in [-0.05, 0) is 36.9 Å². The summed E-state index contributed by atoms with van der Waals surface area (Å²) in [6.07, 6.45) is -0.801. The first-order valence-electron chi connectivity index (χ1n) is 10.3. The van der Waals surface area contributed by atoms with Gasteiger partial charge in [-0.2, -0.15) is 0 Å². The Labute approximate surface area is 184 Å². The highest BCUT2D eigenvalue weighted by atomic mass is 19.1. The van der Waals surface area contributed by atoms with E-state index in [1.54, 1.807) is 30.3 Å². The molecule has 0 aliphatic carbocycles. The van der Waals surface area contributed by atoms with Gasteiger partial charge in [0.05, 0.1) is 35.7 Å². The van der Waals surface area contributed by atoms with Gasteiger partial charge in [0.25, 0.3) is 11.8 Å². The molecule has 9 nitrogen and oxygen atoms in total. The molecule has 0 spiro atoms. The number of nitrogens with zero attached hydrogens (tertiary/aromatic N) is 2. The first-order chi connectivity index (χ1) is 15.5. The lowest BCUT2D eigenvalue weighted by molar-refractivity contribution is -0.0874. The standard InChI is InChI=1S/C22H23FN4O5/c1-2-24-12-15-13-26(22(30)32-15)14-7-8-19(18(23)11-14)25-9-10-31-27-20(28)16-5-3-4-6-17(16)21(27)29/h3-8,11,15,24-25H,2,9-10,12-13H2,1H3. The maximum absolute atomic E-state index is 14.5. The van der Waals surface area contributed by atoms with Crippen LogP contribution in [-0.4, -0.2) is 61.9 Å². The van der Waals surface area contributed by atoms with Crippen molar-refractivity contribution in [2.24, 2.45) is 0 Å². The molecule has 10 heteroatoms. The largest absolute Gasteiger partial charge is 0.443 e. The summed E-state index contributed by atoms with van der Waals surface area (Å²) in [5, 5.41) is 6.69. The number of cyclic esters (lactones) is 1. The molecule has 3 amide bonds. The van der Waals surface area contributed by atoms with Crippen LogP contribution in [0.3, 0.4) is 0 Å². The number of fused-ring (bicyclic) bond motifs is 1. The van der Waals surface area contributed by atoms with Gasteiger partial charge >= 0.3 is 6.09 Å². The van der Waals surface area contributed by atoms with Crippen molar-refractivity contribution in [1.82, 2.24) is 10.4 Å². The van der Waals surface area contributed by atoms with Gasteiger partial charge in [-0.15, -0.1) is 5.06 Å². The molecule has 2 aromatic rings. The average Bonchev–Trinajstić information content (AvgIpc) is 3.28. The molecule has 1 unspecified atom stereocenters. The van der Waals surface area contributed by atoms with Crippen LogP contribution in [0, 0.1) is 5.82 Å². The van der Waals surface area contributed by atoms with E-state index in [2.05, 4.69) is 10.6 Å². The summed E-state index contributed by atoms with van der Waals surface area (Å²) < 4.78 is 19.8. The molecule has 0 aromatic heterocycles. The van der Waals surface area contributed by atoms with Crippen LogP contribution < -0.4 is 15.5 Å². The SMILES string of the molecule is CCNCC1CN(c2ccc(NCCON3C(=O)c4ccccc4C3=O)c(F)c2)C(=O)O1. The van der Waals surface area contributed by atoms with Gasteiger partial charge in [-0.1, -0.05) is 19.1 Å². The highest BCUT2D eigenvalue weighted by molar-refractivity contribution is 6.20. The summed E-state index contributed by atoms with van der Waals surface area (Å²) in [4.78, 5) is 43.3. The zero-order chi connectivity index (χ0) is 22.7. The number of benzene rings is 2. The minimum Gasteiger partial charge on any atom is -0.443 e. The first-order valence-corrected chi connectivity index (χ1v) is 10.3. The zero-order valence-corrected chi connectivity index (χ0v) is 17.5. The second-order valence-electron chi connectivity index (χ2n) is 7.30. The van der Waals surface area contributed by atoms with E-state index in [1.807, 2.05) is 6.92 Å². The molecule has 0 radical (unpaired) electrons. The van der Waals surface area contributed by atoms with E-state index in [-0.39, 0.29) is 24.9 Å². The Morgan fingerprint density at radius 2 is 1.84 bits per heavy atom. The maximum atomic E-state index is 14.5. The Bertz CT molecular complexity index is 1010. The Kier molecular flexibility index (Phi) is 6.33. The number of rotatable bonds is 9. The van der Waals surface area contributed by atoms with E-state index in [0.717, 1.165) is 6.54 Å². The lowest BCUT2D eigenvalue weighted by Gasteiger charge is -2.16. The number of anilines is 2. The Balaban J connectivity index is 1.29. The number of imide groups is 1.